The van der Waals surface area contributed by atoms with Crippen LogP contribution in [0.25, 0.3) is 11.0 Å². The molecule has 0 unspecified atom stereocenters. The molecule has 0 aliphatic rings. The van der Waals surface area contributed by atoms with Crippen molar-refractivity contribution in [2.24, 2.45) is 0 Å². The summed E-state index contributed by atoms with van der Waals surface area (Å²) in [5.41, 5.74) is 2.27. The maximum atomic E-state index is 4.28. The first-order valence-electron chi connectivity index (χ1n) is 5.47. The van der Waals surface area contributed by atoms with Crippen molar-refractivity contribution in [1.82, 2.24) is 14.5 Å². The van der Waals surface area contributed by atoms with Gasteiger partial charge in [0.05, 0.1) is 0 Å². The summed E-state index contributed by atoms with van der Waals surface area (Å²) in [6.07, 6.45) is 5.60. The number of fused-ring (bicyclic) bond motifs is 1. The van der Waals surface area contributed by atoms with Gasteiger partial charge in [0.1, 0.15) is 12.0 Å². The Hall–Kier alpha value is -1.38. The molecule has 0 aliphatic heterocycles. The smallest absolute Gasteiger partial charge is 0.143 e. The van der Waals surface area contributed by atoms with E-state index in [4.69, 9.17) is 0 Å². The second-order valence-corrected chi connectivity index (χ2v) is 3.57. The topological polar surface area (TPSA) is 30.7 Å². The lowest BCUT2D eigenvalue weighted by Crippen LogP contribution is -1.99. The number of aromatic nitrogens is 3. The Labute approximate surface area is 91.2 Å². The molecule has 0 bridgehead atoms. The summed E-state index contributed by atoms with van der Waals surface area (Å²) in [6.45, 7) is 10.4. The van der Waals surface area contributed by atoms with Crippen molar-refractivity contribution in [3.05, 3.63) is 24.3 Å². The average Bonchev–Trinajstić information content (AvgIpc) is 2.60. The first kappa shape index (κ1) is 11.7. The number of hydrogen-bond acceptors (Lipinski definition) is 2. The first-order valence-corrected chi connectivity index (χ1v) is 5.47. The lowest BCUT2D eigenvalue weighted by molar-refractivity contribution is 0.616. The average molecular weight is 205 g/mol. The first-order chi connectivity index (χ1) is 7.20. The lowest BCUT2D eigenvalue weighted by atomic mass is 10.3. The van der Waals surface area contributed by atoms with Crippen LogP contribution in [0, 0.1) is 6.92 Å². The molecular formula is C12H19N3. The van der Waals surface area contributed by atoms with E-state index in [1.165, 1.54) is 5.56 Å². The predicted octanol–water partition coefficient (Wildman–Crippen LogP) is 3.35. The zero-order valence-electron chi connectivity index (χ0n) is 10.2. The second-order valence-electron chi connectivity index (χ2n) is 3.57. The summed E-state index contributed by atoms with van der Waals surface area (Å²) >= 11 is 0. The number of aryl methyl sites for hydroxylation is 1. The Morgan fingerprint density at radius 1 is 1.27 bits per heavy atom. The van der Waals surface area contributed by atoms with Crippen LogP contribution in [0.1, 0.15) is 39.3 Å². The Morgan fingerprint density at radius 2 is 1.93 bits per heavy atom. The van der Waals surface area contributed by atoms with Crippen molar-refractivity contribution in [1.29, 1.82) is 0 Å². The molecule has 0 aliphatic carbocycles. The van der Waals surface area contributed by atoms with Gasteiger partial charge in [-0.05, 0) is 26.3 Å². The summed E-state index contributed by atoms with van der Waals surface area (Å²) < 4.78 is 2.17. The summed E-state index contributed by atoms with van der Waals surface area (Å²) in [4.78, 5) is 8.30. The van der Waals surface area contributed by atoms with Crippen LogP contribution in [0.4, 0.5) is 0 Å². The Morgan fingerprint density at radius 3 is 2.53 bits per heavy atom. The molecule has 2 aromatic heterocycles. The molecule has 0 radical (unpaired) electrons. The highest BCUT2D eigenvalue weighted by Crippen LogP contribution is 2.20. The van der Waals surface area contributed by atoms with Crippen LogP contribution in [0.15, 0.2) is 18.7 Å². The minimum Gasteiger partial charge on any atom is -0.330 e. The van der Waals surface area contributed by atoms with E-state index in [0.717, 1.165) is 11.0 Å². The van der Waals surface area contributed by atoms with Crippen molar-refractivity contribution in [2.75, 3.05) is 0 Å². The molecule has 3 nitrogen and oxygen atoms in total. The van der Waals surface area contributed by atoms with Crippen LogP contribution >= 0.6 is 0 Å². The summed E-state index contributed by atoms with van der Waals surface area (Å²) in [5.74, 6) is 0. The zero-order chi connectivity index (χ0) is 11.4. The third kappa shape index (κ3) is 2.17. The van der Waals surface area contributed by atoms with Crippen molar-refractivity contribution >= 4 is 11.0 Å². The second kappa shape index (κ2) is 4.91. The largest absolute Gasteiger partial charge is 0.330 e. The van der Waals surface area contributed by atoms with Crippen LogP contribution < -0.4 is 0 Å². The van der Waals surface area contributed by atoms with Gasteiger partial charge in [0.2, 0.25) is 0 Å². The summed E-state index contributed by atoms with van der Waals surface area (Å²) in [7, 11) is 0. The monoisotopic (exact) mass is 205 g/mol. The molecule has 0 atom stereocenters. The van der Waals surface area contributed by atoms with E-state index in [1.807, 2.05) is 20.0 Å². The van der Waals surface area contributed by atoms with E-state index >= 15 is 0 Å². The van der Waals surface area contributed by atoms with E-state index < -0.39 is 0 Å². The van der Waals surface area contributed by atoms with E-state index in [1.54, 1.807) is 6.33 Å². The molecule has 0 amide bonds. The SMILES string of the molecule is CC.Cc1cn(C(C)C)c2ncncc12. The lowest BCUT2D eigenvalue weighted by Gasteiger charge is -2.07. The van der Waals surface area contributed by atoms with Gasteiger partial charge in [-0.3, -0.25) is 0 Å². The fourth-order valence-corrected chi connectivity index (χ4v) is 1.54. The number of hydrogen-bond donors (Lipinski definition) is 0. The van der Waals surface area contributed by atoms with Crippen molar-refractivity contribution in [2.45, 2.75) is 40.7 Å². The molecule has 0 N–H and O–H groups in total. The molecule has 2 rings (SSSR count). The number of rotatable bonds is 1. The molecule has 0 saturated carbocycles. The van der Waals surface area contributed by atoms with Crippen LogP contribution in [-0.4, -0.2) is 14.5 Å². The molecule has 2 aromatic rings. The highest BCUT2D eigenvalue weighted by molar-refractivity contribution is 5.79. The van der Waals surface area contributed by atoms with Gasteiger partial charge in [-0.25, -0.2) is 9.97 Å². The third-order valence-corrected chi connectivity index (χ3v) is 2.25. The van der Waals surface area contributed by atoms with Gasteiger partial charge < -0.3 is 4.57 Å². The quantitative estimate of drug-likeness (QED) is 0.714. The van der Waals surface area contributed by atoms with Gasteiger partial charge in [0, 0.05) is 23.8 Å². The molecular weight excluding hydrogens is 186 g/mol. The Balaban J connectivity index is 0.000000531. The van der Waals surface area contributed by atoms with E-state index in [0.29, 0.717) is 6.04 Å². The van der Waals surface area contributed by atoms with Gasteiger partial charge in [0.25, 0.3) is 0 Å². The van der Waals surface area contributed by atoms with Crippen LogP contribution in [0.5, 0.6) is 0 Å². The van der Waals surface area contributed by atoms with Crippen molar-refractivity contribution in [3.8, 4) is 0 Å². The normalized spacial score (nSPS) is 10.3. The molecule has 82 valence electrons. The summed E-state index contributed by atoms with van der Waals surface area (Å²) in [5, 5.41) is 1.15. The van der Waals surface area contributed by atoms with Crippen molar-refractivity contribution < 1.29 is 0 Å². The third-order valence-electron chi connectivity index (χ3n) is 2.25. The van der Waals surface area contributed by atoms with Gasteiger partial charge in [-0.2, -0.15) is 0 Å². The van der Waals surface area contributed by atoms with E-state index in [2.05, 4.69) is 41.5 Å². The zero-order valence-corrected chi connectivity index (χ0v) is 10.2. The predicted molar refractivity (Wildman–Crippen MR) is 64.0 cm³/mol. The number of nitrogens with zero attached hydrogens (tertiary/aromatic N) is 3. The van der Waals surface area contributed by atoms with Crippen molar-refractivity contribution in [3.63, 3.8) is 0 Å². The fourth-order valence-electron chi connectivity index (χ4n) is 1.54. The van der Waals surface area contributed by atoms with Crippen LogP contribution in [-0.2, 0) is 0 Å². The maximum absolute atomic E-state index is 4.28. The minimum absolute atomic E-state index is 0.450. The van der Waals surface area contributed by atoms with Gasteiger partial charge in [-0.15, -0.1) is 0 Å². The highest BCUT2D eigenvalue weighted by atomic mass is 15.1. The Kier molecular flexibility index (Phi) is 3.83. The molecule has 0 fully saturated rings. The highest BCUT2D eigenvalue weighted by Gasteiger charge is 2.07. The molecule has 2 heterocycles. The van der Waals surface area contributed by atoms with Gasteiger partial charge >= 0.3 is 0 Å². The molecule has 0 saturated heterocycles. The fraction of sp³-hybridized carbons (Fsp3) is 0.500. The van der Waals surface area contributed by atoms with E-state index in [-0.39, 0.29) is 0 Å². The summed E-state index contributed by atoms with van der Waals surface area (Å²) in [6, 6.07) is 0.450. The van der Waals surface area contributed by atoms with E-state index in [9.17, 15) is 0 Å². The Bertz CT molecular complexity index is 429. The van der Waals surface area contributed by atoms with Crippen LogP contribution in [0.2, 0.25) is 0 Å². The van der Waals surface area contributed by atoms with Gasteiger partial charge in [-0.1, -0.05) is 13.8 Å². The van der Waals surface area contributed by atoms with Gasteiger partial charge in [0.15, 0.2) is 0 Å². The molecule has 0 spiro atoms. The molecule has 15 heavy (non-hydrogen) atoms. The standard InChI is InChI=1S/C10H13N3.C2H6/c1-7(2)13-5-8(3)9-4-11-6-12-10(9)13;1-2/h4-7H,1-3H3;1-2H3. The van der Waals surface area contributed by atoms with Crippen LogP contribution in [0.3, 0.4) is 0 Å². The molecule has 3 heteroatoms. The minimum atomic E-state index is 0.450. The maximum Gasteiger partial charge on any atom is 0.143 e. The molecule has 0 aromatic carbocycles.